The molecule has 9 nitrogen and oxygen atoms in total. The molecular formula is C15H24N8O. The minimum Gasteiger partial charge on any atom is -0.368 e. The van der Waals surface area contributed by atoms with E-state index in [9.17, 15) is 0 Å². The van der Waals surface area contributed by atoms with Crippen molar-refractivity contribution in [2.24, 2.45) is 0 Å². The molecule has 1 aliphatic heterocycles. The number of morpholine rings is 1. The van der Waals surface area contributed by atoms with E-state index in [1.807, 2.05) is 4.68 Å². The summed E-state index contributed by atoms with van der Waals surface area (Å²) in [5.41, 5.74) is -0.0740. The first kappa shape index (κ1) is 15.6. The van der Waals surface area contributed by atoms with E-state index < -0.39 is 0 Å². The fourth-order valence-electron chi connectivity index (χ4n) is 2.88. The third kappa shape index (κ3) is 3.18. The van der Waals surface area contributed by atoms with E-state index in [0.29, 0.717) is 12.6 Å². The van der Waals surface area contributed by atoms with Crippen LogP contribution in [-0.2, 0) is 16.7 Å². The van der Waals surface area contributed by atoms with Gasteiger partial charge in [0.15, 0.2) is 17.5 Å². The highest BCUT2D eigenvalue weighted by Crippen LogP contribution is 2.34. The second kappa shape index (κ2) is 5.89. The molecule has 1 saturated carbocycles. The van der Waals surface area contributed by atoms with Gasteiger partial charge < -0.3 is 4.74 Å². The van der Waals surface area contributed by atoms with Crippen LogP contribution in [0.2, 0.25) is 0 Å². The Bertz CT molecular complexity index is 698. The van der Waals surface area contributed by atoms with E-state index in [2.05, 4.69) is 56.4 Å². The van der Waals surface area contributed by atoms with E-state index in [0.717, 1.165) is 37.1 Å². The summed E-state index contributed by atoms with van der Waals surface area (Å²) in [7, 11) is 0. The van der Waals surface area contributed by atoms with Crippen LogP contribution in [0.5, 0.6) is 0 Å². The Morgan fingerprint density at radius 3 is 2.83 bits per heavy atom. The summed E-state index contributed by atoms with van der Waals surface area (Å²) in [5, 5.41) is 19.5. The SMILES string of the molecule is CC(C)(C)c1n[nH]c(C2CN(Cc3nnnn3C3CC3)CCO2)n1. The van der Waals surface area contributed by atoms with Gasteiger partial charge in [-0.2, -0.15) is 5.10 Å². The number of nitrogens with zero attached hydrogens (tertiary/aromatic N) is 7. The number of aromatic nitrogens is 7. The normalized spacial score (nSPS) is 22.9. The van der Waals surface area contributed by atoms with Crippen molar-refractivity contribution in [3.05, 3.63) is 17.5 Å². The lowest BCUT2D eigenvalue weighted by atomic mass is 9.96. The highest BCUT2D eigenvalue weighted by atomic mass is 16.5. The van der Waals surface area contributed by atoms with Crippen molar-refractivity contribution in [2.45, 2.75) is 57.7 Å². The zero-order valence-electron chi connectivity index (χ0n) is 14.4. The van der Waals surface area contributed by atoms with Crippen LogP contribution in [0.4, 0.5) is 0 Å². The molecule has 1 atom stereocenters. The van der Waals surface area contributed by atoms with Crippen LogP contribution < -0.4 is 0 Å². The Kier molecular flexibility index (Phi) is 3.84. The van der Waals surface area contributed by atoms with Gasteiger partial charge in [-0.25, -0.2) is 9.67 Å². The monoisotopic (exact) mass is 332 g/mol. The highest BCUT2D eigenvalue weighted by molar-refractivity contribution is 5.04. The number of H-pyrrole nitrogens is 1. The van der Waals surface area contributed by atoms with E-state index >= 15 is 0 Å². The molecule has 2 aromatic heterocycles. The number of ether oxygens (including phenoxy) is 1. The van der Waals surface area contributed by atoms with Crippen molar-refractivity contribution in [2.75, 3.05) is 19.7 Å². The lowest BCUT2D eigenvalue weighted by molar-refractivity contribution is -0.0382. The number of tetrazole rings is 1. The highest BCUT2D eigenvalue weighted by Gasteiger charge is 2.31. The number of aromatic amines is 1. The maximum atomic E-state index is 5.90. The quantitative estimate of drug-likeness (QED) is 0.892. The third-order valence-corrected chi connectivity index (χ3v) is 4.45. The second-order valence-corrected chi connectivity index (χ2v) is 7.66. The van der Waals surface area contributed by atoms with E-state index in [-0.39, 0.29) is 11.5 Å². The van der Waals surface area contributed by atoms with Crippen molar-refractivity contribution in [1.29, 1.82) is 0 Å². The molecule has 9 heteroatoms. The zero-order valence-corrected chi connectivity index (χ0v) is 14.4. The van der Waals surface area contributed by atoms with Gasteiger partial charge in [-0.15, -0.1) is 5.10 Å². The molecule has 0 amide bonds. The minimum absolute atomic E-state index is 0.0740. The Morgan fingerprint density at radius 1 is 1.29 bits per heavy atom. The molecule has 2 aliphatic rings. The van der Waals surface area contributed by atoms with Gasteiger partial charge in [0.1, 0.15) is 6.10 Å². The molecule has 3 heterocycles. The number of hydrogen-bond donors (Lipinski definition) is 1. The molecule has 24 heavy (non-hydrogen) atoms. The molecule has 1 N–H and O–H groups in total. The predicted molar refractivity (Wildman–Crippen MR) is 85.1 cm³/mol. The van der Waals surface area contributed by atoms with Gasteiger partial charge in [-0.3, -0.25) is 10.00 Å². The lowest BCUT2D eigenvalue weighted by Gasteiger charge is -2.31. The third-order valence-electron chi connectivity index (χ3n) is 4.45. The molecule has 1 aliphatic carbocycles. The van der Waals surface area contributed by atoms with Gasteiger partial charge in [0.05, 0.1) is 19.2 Å². The second-order valence-electron chi connectivity index (χ2n) is 7.66. The average Bonchev–Trinajstić information content (AvgIpc) is 3.08. The number of rotatable bonds is 4. The first-order valence-electron chi connectivity index (χ1n) is 8.54. The first-order valence-corrected chi connectivity index (χ1v) is 8.54. The van der Waals surface area contributed by atoms with Crippen LogP contribution in [0.1, 0.15) is 63.2 Å². The largest absolute Gasteiger partial charge is 0.368 e. The lowest BCUT2D eigenvalue weighted by Crippen LogP contribution is -2.38. The molecule has 4 rings (SSSR count). The molecule has 0 radical (unpaired) electrons. The summed E-state index contributed by atoms with van der Waals surface area (Å²) in [4.78, 5) is 6.95. The standard InChI is InChI=1S/C15H24N8O/c1-15(2,3)14-16-13(18-19-14)11-8-22(6-7-24-11)9-12-17-20-21-23(12)10-4-5-10/h10-11H,4-9H2,1-3H3,(H,16,18,19). The Balaban J connectivity index is 1.43. The molecule has 0 bridgehead atoms. The van der Waals surface area contributed by atoms with Crippen molar-refractivity contribution < 1.29 is 4.74 Å². The summed E-state index contributed by atoms with van der Waals surface area (Å²) in [6, 6.07) is 0.496. The zero-order chi connectivity index (χ0) is 16.7. The van der Waals surface area contributed by atoms with Gasteiger partial charge in [0.2, 0.25) is 0 Å². The molecule has 2 fully saturated rings. The fraction of sp³-hybridized carbons (Fsp3) is 0.800. The Morgan fingerprint density at radius 2 is 2.12 bits per heavy atom. The molecular weight excluding hydrogens is 308 g/mol. The maximum absolute atomic E-state index is 5.90. The minimum atomic E-state index is -0.0902. The summed E-state index contributed by atoms with van der Waals surface area (Å²) in [6.07, 6.45) is 2.27. The van der Waals surface area contributed by atoms with E-state index in [4.69, 9.17) is 4.74 Å². The van der Waals surface area contributed by atoms with Crippen molar-refractivity contribution >= 4 is 0 Å². The van der Waals surface area contributed by atoms with Crippen molar-refractivity contribution in [3.8, 4) is 0 Å². The topological polar surface area (TPSA) is 97.6 Å². The predicted octanol–water partition coefficient (Wildman–Crippen LogP) is 0.997. The number of hydrogen-bond acceptors (Lipinski definition) is 7. The summed E-state index contributed by atoms with van der Waals surface area (Å²) >= 11 is 0. The molecule has 2 aromatic rings. The van der Waals surface area contributed by atoms with Crippen LogP contribution in [0.15, 0.2) is 0 Å². The van der Waals surface area contributed by atoms with Gasteiger partial charge in [-0.05, 0) is 23.3 Å². The Hall–Kier alpha value is -1.87. The molecule has 0 spiro atoms. The van der Waals surface area contributed by atoms with Gasteiger partial charge in [-0.1, -0.05) is 20.8 Å². The Labute approximate surface area is 140 Å². The molecule has 0 aromatic carbocycles. The summed E-state index contributed by atoms with van der Waals surface area (Å²) < 4.78 is 7.86. The van der Waals surface area contributed by atoms with E-state index in [1.54, 1.807) is 0 Å². The van der Waals surface area contributed by atoms with Crippen LogP contribution in [0.25, 0.3) is 0 Å². The summed E-state index contributed by atoms with van der Waals surface area (Å²) in [5.74, 6) is 2.55. The molecule has 1 saturated heterocycles. The van der Waals surface area contributed by atoms with Gasteiger partial charge >= 0.3 is 0 Å². The average molecular weight is 332 g/mol. The maximum Gasteiger partial charge on any atom is 0.165 e. The van der Waals surface area contributed by atoms with Crippen LogP contribution in [0.3, 0.4) is 0 Å². The van der Waals surface area contributed by atoms with Crippen molar-refractivity contribution in [1.82, 2.24) is 40.3 Å². The number of nitrogens with one attached hydrogen (secondary N) is 1. The smallest absolute Gasteiger partial charge is 0.165 e. The van der Waals surface area contributed by atoms with E-state index in [1.165, 1.54) is 12.8 Å². The first-order chi connectivity index (χ1) is 11.5. The van der Waals surface area contributed by atoms with Crippen molar-refractivity contribution in [3.63, 3.8) is 0 Å². The summed E-state index contributed by atoms with van der Waals surface area (Å²) in [6.45, 7) is 9.35. The van der Waals surface area contributed by atoms with Crippen LogP contribution >= 0.6 is 0 Å². The molecule has 130 valence electrons. The van der Waals surface area contributed by atoms with Gasteiger partial charge in [0, 0.05) is 18.5 Å². The fourth-order valence-corrected chi connectivity index (χ4v) is 2.88. The van der Waals surface area contributed by atoms with Gasteiger partial charge in [0.25, 0.3) is 0 Å². The van der Waals surface area contributed by atoms with Crippen LogP contribution in [0, 0.1) is 0 Å². The molecule has 1 unspecified atom stereocenters. The van der Waals surface area contributed by atoms with Crippen LogP contribution in [-0.4, -0.2) is 60.0 Å².